The minimum atomic E-state index is -1.21. The van der Waals surface area contributed by atoms with Crippen molar-refractivity contribution in [3.05, 3.63) is 66.4 Å². The number of pyridine rings is 1. The van der Waals surface area contributed by atoms with Gasteiger partial charge in [0.15, 0.2) is 5.82 Å². The number of anilines is 2. The number of aromatic nitrogens is 3. The van der Waals surface area contributed by atoms with E-state index in [4.69, 9.17) is 9.52 Å². The zero-order valence-electron chi connectivity index (χ0n) is 14.1. The SMILES string of the molecule is CN(c1ccccc1)c1nc2oc(C(=O)O)cc2nc1-c1ccc(F)nc1. The number of benzene rings is 1. The number of aromatic carboxylic acids is 1. The molecule has 0 bridgehead atoms. The molecule has 3 aromatic heterocycles. The molecule has 1 N–H and O–H groups in total. The van der Waals surface area contributed by atoms with Crippen molar-refractivity contribution >= 4 is 28.7 Å². The molecule has 0 fully saturated rings. The minimum absolute atomic E-state index is 0.101. The highest BCUT2D eigenvalue weighted by molar-refractivity contribution is 5.91. The van der Waals surface area contributed by atoms with Gasteiger partial charge in [0, 0.05) is 30.6 Å². The second-order valence-electron chi connectivity index (χ2n) is 5.77. The third-order valence-corrected chi connectivity index (χ3v) is 4.02. The number of carbonyl (C=O) groups is 1. The molecule has 0 aliphatic heterocycles. The fourth-order valence-corrected chi connectivity index (χ4v) is 2.67. The van der Waals surface area contributed by atoms with Crippen molar-refractivity contribution in [2.24, 2.45) is 0 Å². The van der Waals surface area contributed by atoms with Crippen LogP contribution in [0.25, 0.3) is 22.5 Å². The van der Waals surface area contributed by atoms with Crippen molar-refractivity contribution < 1.29 is 18.7 Å². The molecular formula is C19H13FN4O3. The molecule has 0 amide bonds. The number of furan rings is 1. The Labute approximate surface area is 152 Å². The highest BCUT2D eigenvalue weighted by Gasteiger charge is 2.20. The Kier molecular flexibility index (Phi) is 4.00. The highest BCUT2D eigenvalue weighted by Crippen LogP contribution is 2.33. The zero-order chi connectivity index (χ0) is 19.0. The van der Waals surface area contributed by atoms with E-state index in [0.29, 0.717) is 17.1 Å². The molecule has 8 heteroatoms. The first kappa shape index (κ1) is 16.6. The van der Waals surface area contributed by atoms with Gasteiger partial charge in [-0.15, -0.1) is 0 Å². The van der Waals surface area contributed by atoms with E-state index < -0.39 is 11.9 Å². The fourth-order valence-electron chi connectivity index (χ4n) is 2.67. The van der Waals surface area contributed by atoms with Crippen LogP contribution >= 0.6 is 0 Å². The maximum absolute atomic E-state index is 13.2. The molecule has 3 heterocycles. The van der Waals surface area contributed by atoms with E-state index >= 15 is 0 Å². The van der Waals surface area contributed by atoms with Gasteiger partial charge in [-0.3, -0.25) is 0 Å². The number of carboxylic acid groups (broad SMARTS) is 1. The van der Waals surface area contributed by atoms with Gasteiger partial charge in [0.05, 0.1) is 0 Å². The lowest BCUT2D eigenvalue weighted by Crippen LogP contribution is -2.13. The molecule has 4 aromatic rings. The third kappa shape index (κ3) is 3.08. The number of hydrogen-bond donors (Lipinski definition) is 1. The normalized spacial score (nSPS) is 10.9. The van der Waals surface area contributed by atoms with Crippen LogP contribution in [0.5, 0.6) is 0 Å². The summed E-state index contributed by atoms with van der Waals surface area (Å²) < 4.78 is 18.5. The lowest BCUT2D eigenvalue weighted by atomic mass is 10.2. The molecule has 0 aliphatic carbocycles. The van der Waals surface area contributed by atoms with Crippen LogP contribution in [0.3, 0.4) is 0 Å². The average molecular weight is 364 g/mol. The Balaban J connectivity index is 1.94. The molecule has 7 nitrogen and oxygen atoms in total. The van der Waals surface area contributed by atoms with Crippen LogP contribution in [0, 0.1) is 5.95 Å². The smallest absolute Gasteiger partial charge is 0.371 e. The van der Waals surface area contributed by atoms with E-state index in [0.717, 1.165) is 5.69 Å². The van der Waals surface area contributed by atoms with Crippen molar-refractivity contribution in [3.63, 3.8) is 0 Å². The van der Waals surface area contributed by atoms with E-state index in [9.17, 15) is 9.18 Å². The van der Waals surface area contributed by atoms with Crippen molar-refractivity contribution in [1.29, 1.82) is 0 Å². The van der Waals surface area contributed by atoms with Gasteiger partial charge in [-0.25, -0.2) is 14.8 Å². The molecule has 0 unspecified atom stereocenters. The van der Waals surface area contributed by atoms with Gasteiger partial charge >= 0.3 is 5.97 Å². The van der Waals surface area contributed by atoms with Crippen molar-refractivity contribution in [2.75, 3.05) is 11.9 Å². The number of fused-ring (bicyclic) bond motifs is 1. The second-order valence-corrected chi connectivity index (χ2v) is 5.77. The van der Waals surface area contributed by atoms with Crippen molar-refractivity contribution in [2.45, 2.75) is 0 Å². The van der Waals surface area contributed by atoms with Gasteiger partial charge in [0.2, 0.25) is 17.4 Å². The third-order valence-electron chi connectivity index (χ3n) is 4.02. The van der Waals surface area contributed by atoms with Crippen LogP contribution in [0.1, 0.15) is 10.6 Å². The number of halogens is 1. The summed E-state index contributed by atoms with van der Waals surface area (Å²) in [4.78, 5) is 25.6. The summed E-state index contributed by atoms with van der Waals surface area (Å²) >= 11 is 0. The van der Waals surface area contributed by atoms with Crippen LogP contribution in [-0.2, 0) is 0 Å². The Morgan fingerprint density at radius 3 is 2.59 bits per heavy atom. The van der Waals surface area contributed by atoms with Crippen LogP contribution in [0.15, 0.2) is 59.1 Å². The Morgan fingerprint density at radius 1 is 1.15 bits per heavy atom. The standard InChI is InChI=1S/C19H13FN4O3/c1-24(12-5-3-2-4-6-12)17-16(11-7-8-15(20)21-10-11)22-13-9-14(19(25)26)27-18(13)23-17/h2-10H,1H3,(H,25,26). The molecule has 0 aliphatic rings. The van der Waals surface area contributed by atoms with E-state index in [1.807, 2.05) is 30.3 Å². The summed E-state index contributed by atoms with van der Waals surface area (Å²) in [6.45, 7) is 0. The summed E-state index contributed by atoms with van der Waals surface area (Å²) in [7, 11) is 1.80. The van der Waals surface area contributed by atoms with Gasteiger partial charge in [-0.1, -0.05) is 18.2 Å². The van der Waals surface area contributed by atoms with Crippen molar-refractivity contribution in [3.8, 4) is 11.3 Å². The van der Waals surface area contributed by atoms with E-state index in [1.54, 1.807) is 18.0 Å². The Hall–Kier alpha value is -3.81. The number of para-hydroxylation sites is 1. The molecule has 1 aromatic carbocycles. The first-order valence-corrected chi connectivity index (χ1v) is 7.98. The molecule has 4 rings (SSSR count). The van der Waals surface area contributed by atoms with Crippen LogP contribution in [0.2, 0.25) is 0 Å². The highest BCUT2D eigenvalue weighted by atomic mass is 19.1. The zero-order valence-corrected chi connectivity index (χ0v) is 14.1. The minimum Gasteiger partial charge on any atom is -0.475 e. The van der Waals surface area contributed by atoms with Gasteiger partial charge in [-0.05, 0) is 24.3 Å². The summed E-state index contributed by atoms with van der Waals surface area (Å²) in [5.41, 5.74) is 2.20. The van der Waals surface area contributed by atoms with Gasteiger partial charge in [0.1, 0.15) is 11.2 Å². The predicted molar refractivity (Wildman–Crippen MR) is 96.5 cm³/mol. The monoisotopic (exact) mass is 364 g/mol. The lowest BCUT2D eigenvalue weighted by Gasteiger charge is -2.20. The molecule has 0 spiro atoms. The Morgan fingerprint density at radius 2 is 1.93 bits per heavy atom. The fraction of sp³-hybridized carbons (Fsp3) is 0.0526. The summed E-state index contributed by atoms with van der Waals surface area (Å²) in [5, 5.41) is 9.15. The maximum atomic E-state index is 13.2. The predicted octanol–water partition coefficient (Wildman–Crippen LogP) is 3.89. The van der Waals surface area contributed by atoms with E-state index in [-0.39, 0.29) is 17.0 Å². The molecule has 134 valence electrons. The number of carboxylic acids is 1. The topological polar surface area (TPSA) is 92.4 Å². The first-order valence-electron chi connectivity index (χ1n) is 7.98. The quantitative estimate of drug-likeness (QED) is 0.549. The number of hydrogen-bond acceptors (Lipinski definition) is 6. The van der Waals surface area contributed by atoms with Crippen LogP contribution in [-0.4, -0.2) is 33.1 Å². The van der Waals surface area contributed by atoms with Gasteiger partial charge in [-0.2, -0.15) is 9.37 Å². The molecule has 0 saturated heterocycles. The van der Waals surface area contributed by atoms with Crippen LogP contribution in [0.4, 0.5) is 15.9 Å². The maximum Gasteiger partial charge on any atom is 0.371 e. The lowest BCUT2D eigenvalue weighted by molar-refractivity contribution is 0.0664. The van der Waals surface area contributed by atoms with E-state index in [1.165, 1.54) is 18.3 Å². The van der Waals surface area contributed by atoms with E-state index in [2.05, 4.69) is 15.0 Å². The summed E-state index contributed by atoms with van der Waals surface area (Å²) in [6.07, 6.45) is 1.35. The van der Waals surface area contributed by atoms with Gasteiger partial charge in [0.25, 0.3) is 0 Å². The molecular weight excluding hydrogens is 351 g/mol. The first-order chi connectivity index (χ1) is 13.0. The summed E-state index contributed by atoms with van der Waals surface area (Å²) in [6, 6.07) is 13.5. The largest absolute Gasteiger partial charge is 0.475 e. The number of rotatable bonds is 4. The second kappa shape index (κ2) is 6.49. The van der Waals surface area contributed by atoms with Crippen LogP contribution < -0.4 is 4.90 Å². The molecule has 27 heavy (non-hydrogen) atoms. The number of nitrogens with zero attached hydrogens (tertiary/aromatic N) is 4. The molecule has 0 saturated carbocycles. The average Bonchev–Trinajstić information content (AvgIpc) is 3.11. The Bertz CT molecular complexity index is 1130. The van der Waals surface area contributed by atoms with Crippen molar-refractivity contribution in [1.82, 2.24) is 15.0 Å². The molecule has 0 atom stereocenters. The van der Waals surface area contributed by atoms with Gasteiger partial charge < -0.3 is 14.4 Å². The molecule has 0 radical (unpaired) electrons. The summed E-state index contributed by atoms with van der Waals surface area (Å²) in [5.74, 6) is -1.65.